The highest BCUT2D eigenvalue weighted by atomic mass is 28.3. The molecule has 2 rings (SSSR count). The number of carbonyl (C=O) groups is 2. The van der Waals surface area contributed by atoms with Gasteiger partial charge in [-0.2, -0.15) is 0 Å². The number of hydrogen-bond donors (Lipinski definition) is 1. The molecule has 0 unspecified atom stereocenters. The van der Waals surface area contributed by atoms with Crippen LogP contribution in [0.15, 0.2) is 6.20 Å². The van der Waals surface area contributed by atoms with Gasteiger partial charge in [-0.15, -0.1) is 5.10 Å². The highest BCUT2D eigenvalue weighted by Crippen LogP contribution is 2.27. The predicted octanol–water partition coefficient (Wildman–Crippen LogP) is 1.54. The Morgan fingerprint density at radius 1 is 1.50 bits per heavy atom. The van der Waals surface area contributed by atoms with Gasteiger partial charge in [-0.1, -0.05) is 24.9 Å². The SMILES string of the molecule is C[Si](C)(C)Cn1cc([C@@H]2CC(=O)CCN2C(=O)O)nn1. The van der Waals surface area contributed by atoms with Crippen LogP contribution in [-0.2, 0) is 11.0 Å². The fourth-order valence-corrected chi connectivity index (χ4v) is 3.48. The number of ketones is 1. The van der Waals surface area contributed by atoms with Crippen molar-refractivity contribution in [2.45, 2.75) is 44.7 Å². The average Bonchev–Trinajstić information content (AvgIpc) is 2.74. The molecule has 8 heteroatoms. The molecule has 7 nitrogen and oxygen atoms in total. The molecule has 1 atom stereocenters. The maximum absolute atomic E-state index is 11.6. The van der Waals surface area contributed by atoms with Crippen molar-refractivity contribution in [1.82, 2.24) is 19.9 Å². The molecule has 0 spiro atoms. The Morgan fingerprint density at radius 2 is 2.20 bits per heavy atom. The second-order valence-electron chi connectivity index (χ2n) is 6.39. The van der Waals surface area contributed by atoms with Crippen molar-refractivity contribution in [3.05, 3.63) is 11.9 Å². The molecule has 0 aromatic carbocycles. The smallest absolute Gasteiger partial charge is 0.407 e. The molecule has 0 radical (unpaired) electrons. The molecule has 2 heterocycles. The van der Waals surface area contributed by atoms with E-state index in [4.69, 9.17) is 0 Å². The van der Waals surface area contributed by atoms with Crippen LogP contribution in [0.5, 0.6) is 0 Å². The first kappa shape index (κ1) is 14.7. The van der Waals surface area contributed by atoms with E-state index in [1.165, 1.54) is 4.90 Å². The van der Waals surface area contributed by atoms with Crippen LogP contribution in [0.1, 0.15) is 24.6 Å². The maximum Gasteiger partial charge on any atom is 0.407 e. The fourth-order valence-electron chi connectivity index (χ4n) is 2.35. The second-order valence-corrected chi connectivity index (χ2v) is 11.8. The minimum absolute atomic E-state index is 0.0762. The number of amides is 1. The molecule has 20 heavy (non-hydrogen) atoms. The van der Waals surface area contributed by atoms with Gasteiger partial charge in [0.15, 0.2) is 0 Å². The summed E-state index contributed by atoms with van der Waals surface area (Å²) in [4.78, 5) is 24.1. The zero-order valence-corrected chi connectivity index (χ0v) is 13.0. The van der Waals surface area contributed by atoms with Gasteiger partial charge in [0.2, 0.25) is 0 Å². The van der Waals surface area contributed by atoms with Crippen molar-refractivity contribution < 1.29 is 14.7 Å². The largest absolute Gasteiger partial charge is 0.465 e. The van der Waals surface area contributed by atoms with Crippen molar-refractivity contribution in [3.63, 3.8) is 0 Å². The number of likely N-dealkylation sites (tertiary alicyclic amines) is 1. The van der Waals surface area contributed by atoms with Crippen LogP contribution >= 0.6 is 0 Å². The van der Waals surface area contributed by atoms with Crippen LogP contribution in [0, 0.1) is 0 Å². The third kappa shape index (κ3) is 3.44. The van der Waals surface area contributed by atoms with Crippen LogP contribution in [0.25, 0.3) is 0 Å². The lowest BCUT2D eigenvalue weighted by Gasteiger charge is -2.31. The van der Waals surface area contributed by atoms with Crippen LogP contribution in [0.2, 0.25) is 19.6 Å². The number of nitrogens with zero attached hydrogens (tertiary/aromatic N) is 4. The first-order valence-corrected chi connectivity index (χ1v) is 10.4. The monoisotopic (exact) mass is 296 g/mol. The summed E-state index contributed by atoms with van der Waals surface area (Å²) in [5.41, 5.74) is 0.568. The molecule has 1 aliphatic rings. The first-order chi connectivity index (χ1) is 9.26. The molecule has 1 N–H and O–H groups in total. The highest BCUT2D eigenvalue weighted by molar-refractivity contribution is 6.74. The van der Waals surface area contributed by atoms with E-state index < -0.39 is 20.2 Å². The Bertz CT molecular complexity index is 523. The van der Waals surface area contributed by atoms with E-state index in [1.807, 2.05) is 0 Å². The maximum atomic E-state index is 11.6. The van der Waals surface area contributed by atoms with Crippen LogP contribution < -0.4 is 0 Å². The van der Waals surface area contributed by atoms with Crippen molar-refractivity contribution in [2.75, 3.05) is 6.54 Å². The van der Waals surface area contributed by atoms with Crippen LogP contribution in [-0.4, -0.2) is 51.5 Å². The van der Waals surface area contributed by atoms with Gasteiger partial charge >= 0.3 is 6.09 Å². The average molecular weight is 296 g/mol. The van der Waals surface area contributed by atoms with Gasteiger partial charge < -0.3 is 5.11 Å². The van der Waals surface area contributed by atoms with E-state index in [0.29, 0.717) is 5.69 Å². The zero-order valence-electron chi connectivity index (χ0n) is 12.0. The molecule has 1 fully saturated rings. The summed E-state index contributed by atoms with van der Waals surface area (Å²) in [7, 11) is -1.32. The normalized spacial score (nSPS) is 20.2. The van der Waals surface area contributed by atoms with Crippen molar-refractivity contribution in [2.24, 2.45) is 0 Å². The number of Topliss-reactive ketones (excluding diaryl/α,β-unsaturated/α-hetero) is 1. The lowest BCUT2D eigenvalue weighted by atomic mass is 9.99. The van der Waals surface area contributed by atoms with E-state index >= 15 is 0 Å². The summed E-state index contributed by atoms with van der Waals surface area (Å²) in [6, 6.07) is -0.496. The second kappa shape index (κ2) is 5.35. The third-order valence-corrected chi connectivity index (χ3v) is 4.48. The summed E-state index contributed by atoms with van der Waals surface area (Å²) in [5.74, 6) is 0.0762. The molecular weight excluding hydrogens is 276 g/mol. The Balaban J connectivity index is 2.20. The molecule has 1 aliphatic heterocycles. The first-order valence-electron chi connectivity index (χ1n) is 6.67. The molecule has 0 aliphatic carbocycles. The van der Waals surface area contributed by atoms with E-state index in [-0.39, 0.29) is 25.2 Å². The van der Waals surface area contributed by atoms with E-state index in [0.717, 1.165) is 6.17 Å². The van der Waals surface area contributed by atoms with Crippen molar-refractivity contribution in [3.8, 4) is 0 Å². The molecule has 1 amide bonds. The lowest BCUT2D eigenvalue weighted by Crippen LogP contribution is -2.40. The summed E-state index contributed by atoms with van der Waals surface area (Å²) in [6.45, 7) is 6.91. The molecule has 0 saturated carbocycles. The summed E-state index contributed by atoms with van der Waals surface area (Å²) in [6.07, 6.45) is 2.07. The summed E-state index contributed by atoms with van der Waals surface area (Å²) >= 11 is 0. The predicted molar refractivity (Wildman–Crippen MR) is 75.1 cm³/mol. The van der Waals surface area contributed by atoms with Crippen molar-refractivity contribution >= 4 is 20.0 Å². The van der Waals surface area contributed by atoms with E-state index in [9.17, 15) is 14.7 Å². The number of carbonyl (C=O) groups excluding carboxylic acids is 1. The van der Waals surface area contributed by atoms with E-state index in [2.05, 4.69) is 30.0 Å². The summed E-state index contributed by atoms with van der Waals surface area (Å²) < 4.78 is 1.76. The molecule has 110 valence electrons. The number of hydrogen-bond acceptors (Lipinski definition) is 4. The number of rotatable bonds is 3. The minimum atomic E-state index is -1.32. The van der Waals surface area contributed by atoms with Gasteiger partial charge in [0.05, 0.1) is 20.3 Å². The van der Waals surface area contributed by atoms with Gasteiger partial charge in [0.1, 0.15) is 11.5 Å². The van der Waals surface area contributed by atoms with Gasteiger partial charge in [-0.3, -0.25) is 14.4 Å². The van der Waals surface area contributed by atoms with Crippen LogP contribution in [0.3, 0.4) is 0 Å². The standard InChI is InChI=1S/C12H20N4O3Si/c1-20(2,3)8-15-7-10(13-14-15)11-6-9(17)4-5-16(11)12(18)19/h7,11H,4-6,8H2,1-3H3,(H,18,19)/t11-/m0/s1. The Hall–Kier alpha value is -1.70. The summed E-state index contributed by atoms with van der Waals surface area (Å²) in [5, 5.41) is 17.4. The van der Waals surface area contributed by atoms with Gasteiger partial charge in [-0.25, -0.2) is 4.79 Å². The van der Waals surface area contributed by atoms with Crippen LogP contribution in [0.4, 0.5) is 4.79 Å². The zero-order chi connectivity index (χ0) is 14.9. The lowest BCUT2D eigenvalue weighted by molar-refractivity contribution is -0.122. The van der Waals surface area contributed by atoms with E-state index in [1.54, 1.807) is 10.9 Å². The Labute approximate surface area is 118 Å². The molecule has 0 bridgehead atoms. The number of carboxylic acid groups (broad SMARTS) is 1. The van der Waals surface area contributed by atoms with Gasteiger partial charge in [-0.05, 0) is 0 Å². The molecular formula is C12H20N4O3Si. The third-order valence-electron chi connectivity index (χ3n) is 3.21. The number of piperidine rings is 1. The fraction of sp³-hybridized carbons (Fsp3) is 0.667. The number of aromatic nitrogens is 3. The highest BCUT2D eigenvalue weighted by Gasteiger charge is 2.33. The quantitative estimate of drug-likeness (QED) is 0.855. The Morgan fingerprint density at radius 3 is 2.80 bits per heavy atom. The van der Waals surface area contributed by atoms with Gasteiger partial charge in [0, 0.05) is 25.6 Å². The molecule has 1 saturated heterocycles. The minimum Gasteiger partial charge on any atom is -0.465 e. The van der Waals surface area contributed by atoms with Crippen molar-refractivity contribution in [1.29, 1.82) is 0 Å². The molecule has 1 aromatic heterocycles. The van der Waals surface area contributed by atoms with Gasteiger partial charge in [0.25, 0.3) is 0 Å². The molecule has 1 aromatic rings. The Kier molecular flexibility index (Phi) is 3.93. The topological polar surface area (TPSA) is 88.3 Å².